The third-order valence-electron chi connectivity index (χ3n) is 4.34. The van der Waals surface area contributed by atoms with Gasteiger partial charge in [-0.2, -0.15) is 0 Å². The van der Waals surface area contributed by atoms with Crippen molar-refractivity contribution in [3.63, 3.8) is 0 Å². The van der Waals surface area contributed by atoms with E-state index in [1.54, 1.807) is 11.0 Å². The molecule has 0 aliphatic carbocycles. The molecule has 3 rings (SSSR count). The lowest BCUT2D eigenvalue weighted by Crippen LogP contribution is -2.50. The molecule has 1 aliphatic rings. The summed E-state index contributed by atoms with van der Waals surface area (Å²) < 4.78 is 5.45. The number of piperazine rings is 1. The highest BCUT2D eigenvalue weighted by Crippen LogP contribution is 2.27. The number of carbonyl (C=O) groups excluding carboxylic acids is 2. The van der Waals surface area contributed by atoms with Crippen molar-refractivity contribution in [1.29, 1.82) is 0 Å². The second-order valence-electron chi connectivity index (χ2n) is 7.55. The number of pyridine rings is 1. The second-order valence-corrected chi connectivity index (χ2v) is 7.55. The normalized spacial score (nSPS) is 15.2. The first-order valence-corrected chi connectivity index (χ1v) is 8.88. The molecule has 0 atom stereocenters. The van der Waals surface area contributed by atoms with Crippen molar-refractivity contribution in [2.45, 2.75) is 33.3 Å². The lowest BCUT2D eigenvalue weighted by molar-refractivity contribution is 0.0240. The zero-order valence-electron chi connectivity index (χ0n) is 15.8. The number of nitrogens with zero attached hydrogens (tertiary/aromatic N) is 3. The summed E-state index contributed by atoms with van der Waals surface area (Å²) in [6.07, 6.45) is -0.261. The van der Waals surface area contributed by atoms with Crippen LogP contribution in [0.15, 0.2) is 30.3 Å². The van der Waals surface area contributed by atoms with Crippen molar-refractivity contribution in [2.24, 2.45) is 0 Å². The number of ketones is 1. The van der Waals surface area contributed by atoms with E-state index < -0.39 is 5.60 Å². The standard InChI is InChI=1S/C20H25N3O3/c1-14(24)16-9-8-15-17(21-16)6-5-7-18(15)22-10-12-23(13-11-22)19(25)26-20(2,3)4/h5-9H,10-13H2,1-4H3. The van der Waals surface area contributed by atoms with E-state index in [1.807, 2.05) is 39.0 Å². The number of benzene rings is 1. The summed E-state index contributed by atoms with van der Waals surface area (Å²) in [6.45, 7) is 9.83. The van der Waals surface area contributed by atoms with Gasteiger partial charge in [0.15, 0.2) is 5.78 Å². The molecule has 138 valence electrons. The summed E-state index contributed by atoms with van der Waals surface area (Å²) in [5.74, 6) is -0.0386. The van der Waals surface area contributed by atoms with Crippen molar-refractivity contribution in [1.82, 2.24) is 9.88 Å². The van der Waals surface area contributed by atoms with Gasteiger partial charge in [-0.05, 0) is 45.0 Å². The molecule has 0 N–H and O–H groups in total. The van der Waals surface area contributed by atoms with Crippen LogP contribution in [-0.2, 0) is 4.74 Å². The summed E-state index contributed by atoms with van der Waals surface area (Å²) in [5.41, 5.74) is 1.88. The number of hydrogen-bond donors (Lipinski definition) is 0. The minimum Gasteiger partial charge on any atom is -0.444 e. The van der Waals surface area contributed by atoms with Crippen LogP contribution in [0, 0.1) is 0 Å². The molecule has 2 heterocycles. The number of Topliss-reactive ketones (excluding diaryl/α,β-unsaturated/α-hetero) is 1. The van der Waals surface area contributed by atoms with E-state index in [0.29, 0.717) is 18.8 Å². The Morgan fingerprint density at radius 3 is 2.35 bits per heavy atom. The molecule has 0 radical (unpaired) electrons. The number of anilines is 1. The van der Waals surface area contributed by atoms with E-state index in [0.717, 1.165) is 29.7 Å². The van der Waals surface area contributed by atoms with Crippen LogP contribution in [-0.4, -0.2) is 53.5 Å². The Balaban J connectivity index is 1.75. The number of carbonyl (C=O) groups is 2. The van der Waals surface area contributed by atoms with Crippen LogP contribution in [0.1, 0.15) is 38.2 Å². The van der Waals surface area contributed by atoms with Crippen molar-refractivity contribution < 1.29 is 14.3 Å². The first-order chi connectivity index (χ1) is 12.2. The maximum atomic E-state index is 12.2. The number of aromatic nitrogens is 1. The molecular weight excluding hydrogens is 330 g/mol. The molecule has 26 heavy (non-hydrogen) atoms. The van der Waals surface area contributed by atoms with Gasteiger partial charge in [-0.25, -0.2) is 9.78 Å². The Morgan fingerprint density at radius 2 is 1.73 bits per heavy atom. The summed E-state index contributed by atoms with van der Waals surface area (Å²) in [5, 5.41) is 1.02. The first-order valence-electron chi connectivity index (χ1n) is 8.88. The third-order valence-corrected chi connectivity index (χ3v) is 4.34. The number of rotatable bonds is 2. The maximum absolute atomic E-state index is 12.2. The van der Waals surface area contributed by atoms with Gasteiger partial charge in [0.1, 0.15) is 11.3 Å². The third kappa shape index (κ3) is 3.95. The molecule has 1 aromatic carbocycles. The fourth-order valence-corrected chi connectivity index (χ4v) is 3.07. The molecule has 6 nitrogen and oxygen atoms in total. The molecule has 0 bridgehead atoms. The van der Waals surface area contributed by atoms with Gasteiger partial charge >= 0.3 is 6.09 Å². The Kier molecular flexibility index (Phi) is 4.85. The SMILES string of the molecule is CC(=O)c1ccc2c(N3CCN(C(=O)OC(C)(C)C)CC3)cccc2n1. The quantitative estimate of drug-likeness (QED) is 0.772. The van der Waals surface area contributed by atoms with Crippen LogP contribution in [0.25, 0.3) is 10.9 Å². The average molecular weight is 355 g/mol. The van der Waals surface area contributed by atoms with Crippen LogP contribution < -0.4 is 4.90 Å². The maximum Gasteiger partial charge on any atom is 0.410 e. The molecule has 1 aromatic heterocycles. The van der Waals surface area contributed by atoms with Crippen LogP contribution in [0.5, 0.6) is 0 Å². The van der Waals surface area contributed by atoms with E-state index in [4.69, 9.17) is 4.74 Å². The van der Waals surface area contributed by atoms with Crippen LogP contribution in [0.4, 0.5) is 10.5 Å². The number of hydrogen-bond acceptors (Lipinski definition) is 5. The van der Waals surface area contributed by atoms with Gasteiger partial charge in [-0.1, -0.05) is 6.07 Å². The van der Waals surface area contributed by atoms with Gasteiger partial charge in [0.05, 0.1) is 5.52 Å². The fourth-order valence-electron chi connectivity index (χ4n) is 3.07. The van der Waals surface area contributed by atoms with E-state index >= 15 is 0 Å². The lowest BCUT2D eigenvalue weighted by atomic mass is 10.1. The smallest absolute Gasteiger partial charge is 0.410 e. The number of fused-ring (bicyclic) bond motifs is 1. The van der Waals surface area contributed by atoms with Crippen molar-refractivity contribution >= 4 is 28.5 Å². The van der Waals surface area contributed by atoms with Gasteiger partial charge < -0.3 is 14.5 Å². The number of amides is 1. The summed E-state index contributed by atoms with van der Waals surface area (Å²) >= 11 is 0. The van der Waals surface area contributed by atoms with E-state index in [9.17, 15) is 9.59 Å². The summed E-state index contributed by atoms with van der Waals surface area (Å²) in [4.78, 5) is 32.2. The van der Waals surface area contributed by atoms with E-state index in [2.05, 4.69) is 16.0 Å². The van der Waals surface area contributed by atoms with Crippen LogP contribution >= 0.6 is 0 Å². The zero-order chi connectivity index (χ0) is 18.9. The molecule has 1 fully saturated rings. The molecule has 2 aromatic rings. The molecular formula is C20H25N3O3. The second kappa shape index (κ2) is 6.94. The summed E-state index contributed by atoms with van der Waals surface area (Å²) in [7, 11) is 0. The molecule has 1 amide bonds. The van der Waals surface area contributed by atoms with E-state index in [1.165, 1.54) is 6.92 Å². The van der Waals surface area contributed by atoms with E-state index in [-0.39, 0.29) is 11.9 Å². The monoisotopic (exact) mass is 355 g/mol. The Bertz CT molecular complexity index is 834. The molecule has 0 unspecified atom stereocenters. The highest BCUT2D eigenvalue weighted by Gasteiger charge is 2.26. The first kappa shape index (κ1) is 18.2. The zero-order valence-corrected chi connectivity index (χ0v) is 15.8. The molecule has 0 saturated carbocycles. The van der Waals surface area contributed by atoms with Gasteiger partial charge in [0.25, 0.3) is 0 Å². The predicted molar refractivity (Wildman–Crippen MR) is 102 cm³/mol. The Labute approximate surface area is 153 Å². The number of ether oxygens (including phenoxy) is 1. The average Bonchev–Trinajstić information content (AvgIpc) is 2.59. The van der Waals surface area contributed by atoms with Crippen LogP contribution in [0.2, 0.25) is 0 Å². The highest BCUT2D eigenvalue weighted by atomic mass is 16.6. The van der Waals surface area contributed by atoms with Gasteiger partial charge in [-0.15, -0.1) is 0 Å². The highest BCUT2D eigenvalue weighted by molar-refractivity contribution is 5.98. The topological polar surface area (TPSA) is 62.7 Å². The molecule has 0 spiro atoms. The Morgan fingerprint density at radius 1 is 1.04 bits per heavy atom. The fraction of sp³-hybridized carbons (Fsp3) is 0.450. The lowest BCUT2D eigenvalue weighted by Gasteiger charge is -2.37. The minimum absolute atomic E-state index is 0.0386. The summed E-state index contributed by atoms with van der Waals surface area (Å²) in [6, 6.07) is 9.65. The largest absolute Gasteiger partial charge is 0.444 e. The minimum atomic E-state index is -0.482. The molecule has 1 saturated heterocycles. The molecule has 1 aliphatic heterocycles. The Hall–Kier alpha value is -2.63. The van der Waals surface area contributed by atoms with Crippen LogP contribution in [0.3, 0.4) is 0 Å². The van der Waals surface area contributed by atoms with Crippen molar-refractivity contribution in [3.05, 3.63) is 36.0 Å². The van der Waals surface area contributed by atoms with Crippen molar-refractivity contribution in [3.8, 4) is 0 Å². The predicted octanol–water partition coefficient (Wildman–Crippen LogP) is 3.49. The molecule has 6 heteroatoms. The van der Waals surface area contributed by atoms with Gasteiger partial charge in [0, 0.05) is 44.2 Å². The van der Waals surface area contributed by atoms with Gasteiger partial charge in [0.2, 0.25) is 0 Å². The van der Waals surface area contributed by atoms with Gasteiger partial charge in [-0.3, -0.25) is 4.79 Å². The van der Waals surface area contributed by atoms with Crippen molar-refractivity contribution in [2.75, 3.05) is 31.1 Å².